The van der Waals surface area contributed by atoms with Gasteiger partial charge in [-0.25, -0.2) is 0 Å². The van der Waals surface area contributed by atoms with Crippen LogP contribution in [0.4, 0.5) is 0 Å². The molecule has 1 heterocycles. The lowest BCUT2D eigenvalue weighted by atomic mass is 9.85. The molecule has 0 spiro atoms. The van der Waals surface area contributed by atoms with E-state index >= 15 is 0 Å². The van der Waals surface area contributed by atoms with Crippen LogP contribution in [-0.2, 0) is 4.74 Å². The normalized spacial score (nSPS) is 18.7. The molecule has 1 aliphatic rings. The molecule has 17 heavy (non-hydrogen) atoms. The first kappa shape index (κ1) is 10.8. The zero-order valence-corrected chi connectivity index (χ0v) is 8.92. The summed E-state index contributed by atoms with van der Waals surface area (Å²) in [4.78, 5) is 0. The summed E-state index contributed by atoms with van der Waals surface area (Å²) < 4.78 is 4.99. The predicted octanol–water partition coefficient (Wildman–Crippen LogP) is 1.90. The smallest absolute Gasteiger partial charge is 0.204 e. The largest absolute Gasteiger partial charge is 0.447 e. The average molecular weight is 223 g/mol. The topological polar surface area (TPSA) is 82.8 Å². The minimum absolute atomic E-state index is 0.0559. The number of allylic oxidation sites excluding steroid dienone is 2. The summed E-state index contributed by atoms with van der Waals surface area (Å²) in [5.41, 5.74) is 7.12. The zero-order valence-electron chi connectivity index (χ0n) is 8.92. The predicted molar refractivity (Wildman–Crippen MR) is 60.8 cm³/mol. The molecule has 0 aromatic heterocycles. The van der Waals surface area contributed by atoms with Gasteiger partial charge in [0.15, 0.2) is 0 Å². The van der Waals surface area contributed by atoms with Gasteiger partial charge in [-0.15, -0.1) is 0 Å². The van der Waals surface area contributed by atoms with E-state index in [9.17, 15) is 0 Å². The highest BCUT2D eigenvalue weighted by atomic mass is 16.5. The maximum atomic E-state index is 9.10. The second-order valence-corrected chi connectivity index (χ2v) is 3.54. The van der Waals surface area contributed by atoms with Crippen LogP contribution in [0.15, 0.2) is 53.6 Å². The van der Waals surface area contributed by atoms with Crippen LogP contribution in [0.5, 0.6) is 0 Å². The van der Waals surface area contributed by atoms with E-state index in [1.54, 1.807) is 0 Å². The summed E-state index contributed by atoms with van der Waals surface area (Å²) in [6.45, 7) is 0. The Morgan fingerprint density at radius 2 is 1.82 bits per heavy atom. The SMILES string of the molecule is N#CC1=COC(N)=C(C#N)C1c1ccccc1. The Hall–Kier alpha value is -2.72. The van der Waals surface area contributed by atoms with Crippen molar-refractivity contribution in [3.63, 3.8) is 0 Å². The molecule has 1 unspecified atom stereocenters. The maximum Gasteiger partial charge on any atom is 0.204 e. The van der Waals surface area contributed by atoms with Crippen LogP contribution in [-0.4, -0.2) is 0 Å². The summed E-state index contributed by atoms with van der Waals surface area (Å²) in [6, 6.07) is 13.3. The molecular formula is C13H9N3O. The summed E-state index contributed by atoms with van der Waals surface area (Å²) in [7, 11) is 0. The molecule has 2 rings (SSSR count). The van der Waals surface area contributed by atoms with Gasteiger partial charge in [0, 0.05) is 0 Å². The van der Waals surface area contributed by atoms with Crippen molar-refractivity contribution in [2.45, 2.75) is 5.92 Å². The Bertz CT molecular complexity index is 573. The third-order valence-electron chi connectivity index (χ3n) is 2.56. The molecule has 0 amide bonds. The van der Waals surface area contributed by atoms with E-state index < -0.39 is 5.92 Å². The van der Waals surface area contributed by atoms with Gasteiger partial charge in [0.2, 0.25) is 5.88 Å². The standard InChI is InChI=1S/C13H9N3O/c14-6-10-8-17-13(16)11(7-15)12(10)9-4-2-1-3-5-9/h1-5,8,12H,16H2. The molecule has 0 saturated carbocycles. The minimum Gasteiger partial charge on any atom is -0.447 e. The zero-order chi connectivity index (χ0) is 12.3. The summed E-state index contributed by atoms with van der Waals surface area (Å²) in [5.74, 6) is -0.375. The summed E-state index contributed by atoms with van der Waals surface area (Å²) in [6.07, 6.45) is 1.30. The third-order valence-corrected chi connectivity index (χ3v) is 2.56. The molecule has 0 saturated heterocycles. The number of benzene rings is 1. The first-order valence-electron chi connectivity index (χ1n) is 4.99. The van der Waals surface area contributed by atoms with Crippen LogP contribution >= 0.6 is 0 Å². The molecule has 0 bridgehead atoms. The molecule has 1 aromatic carbocycles. The van der Waals surface area contributed by atoms with Crippen LogP contribution in [0.3, 0.4) is 0 Å². The molecular weight excluding hydrogens is 214 g/mol. The molecule has 0 fully saturated rings. The molecule has 4 heteroatoms. The Kier molecular flexibility index (Phi) is 2.81. The van der Waals surface area contributed by atoms with Gasteiger partial charge in [0.25, 0.3) is 0 Å². The molecule has 82 valence electrons. The van der Waals surface area contributed by atoms with Gasteiger partial charge in [-0.05, 0) is 5.56 Å². The van der Waals surface area contributed by atoms with E-state index in [0.29, 0.717) is 5.57 Å². The van der Waals surface area contributed by atoms with E-state index in [4.69, 9.17) is 21.0 Å². The van der Waals surface area contributed by atoms with Crippen LogP contribution in [0.1, 0.15) is 11.5 Å². The van der Waals surface area contributed by atoms with E-state index in [2.05, 4.69) is 0 Å². The van der Waals surface area contributed by atoms with E-state index in [-0.39, 0.29) is 11.5 Å². The van der Waals surface area contributed by atoms with Gasteiger partial charge in [0.1, 0.15) is 17.9 Å². The van der Waals surface area contributed by atoms with Gasteiger partial charge >= 0.3 is 0 Å². The monoisotopic (exact) mass is 223 g/mol. The first-order valence-corrected chi connectivity index (χ1v) is 4.99. The number of nitrogens with two attached hydrogens (primary N) is 1. The van der Waals surface area contributed by atoms with Gasteiger partial charge in [-0.3, -0.25) is 0 Å². The maximum absolute atomic E-state index is 9.10. The summed E-state index contributed by atoms with van der Waals surface area (Å²) >= 11 is 0. The fraction of sp³-hybridized carbons (Fsp3) is 0.0769. The second-order valence-electron chi connectivity index (χ2n) is 3.54. The van der Waals surface area contributed by atoms with E-state index in [1.165, 1.54) is 6.26 Å². The van der Waals surface area contributed by atoms with Gasteiger partial charge < -0.3 is 10.5 Å². The number of nitriles is 2. The van der Waals surface area contributed by atoms with Crippen molar-refractivity contribution in [3.8, 4) is 12.1 Å². The van der Waals surface area contributed by atoms with Gasteiger partial charge in [-0.1, -0.05) is 30.3 Å². The van der Waals surface area contributed by atoms with Gasteiger partial charge in [0.05, 0.1) is 17.6 Å². The Morgan fingerprint density at radius 1 is 1.12 bits per heavy atom. The third kappa shape index (κ3) is 1.84. The highest BCUT2D eigenvalue weighted by molar-refractivity contribution is 5.51. The average Bonchev–Trinajstić information content (AvgIpc) is 2.39. The Balaban J connectivity index is 2.55. The van der Waals surface area contributed by atoms with Crippen molar-refractivity contribution in [3.05, 3.63) is 59.2 Å². The molecule has 4 nitrogen and oxygen atoms in total. The second kappa shape index (κ2) is 4.42. The van der Waals surface area contributed by atoms with Crippen molar-refractivity contribution in [1.29, 1.82) is 10.5 Å². The number of hydrogen-bond donors (Lipinski definition) is 1. The van der Waals surface area contributed by atoms with Crippen LogP contribution in [0.2, 0.25) is 0 Å². The molecule has 1 atom stereocenters. The van der Waals surface area contributed by atoms with Crippen molar-refractivity contribution < 1.29 is 4.74 Å². The lowest BCUT2D eigenvalue weighted by Gasteiger charge is -2.20. The molecule has 1 aromatic rings. The number of ether oxygens (including phenoxy) is 1. The van der Waals surface area contributed by atoms with E-state index in [0.717, 1.165) is 5.56 Å². The number of nitrogens with zero attached hydrogens (tertiary/aromatic N) is 2. The molecule has 2 N–H and O–H groups in total. The Labute approximate surface area is 98.8 Å². The van der Waals surface area contributed by atoms with Crippen molar-refractivity contribution >= 4 is 0 Å². The van der Waals surface area contributed by atoms with Crippen LogP contribution in [0, 0.1) is 22.7 Å². The lowest BCUT2D eigenvalue weighted by Crippen LogP contribution is -2.16. The van der Waals surface area contributed by atoms with Gasteiger partial charge in [-0.2, -0.15) is 10.5 Å². The summed E-state index contributed by atoms with van der Waals surface area (Å²) in [5, 5.41) is 18.2. The fourth-order valence-electron chi connectivity index (χ4n) is 1.76. The minimum atomic E-state index is -0.431. The molecule has 0 radical (unpaired) electrons. The van der Waals surface area contributed by atoms with Crippen LogP contribution in [0.25, 0.3) is 0 Å². The van der Waals surface area contributed by atoms with Crippen LogP contribution < -0.4 is 5.73 Å². The fourth-order valence-corrected chi connectivity index (χ4v) is 1.76. The van der Waals surface area contributed by atoms with Crippen molar-refractivity contribution in [1.82, 2.24) is 0 Å². The molecule has 1 aliphatic heterocycles. The highest BCUT2D eigenvalue weighted by Crippen LogP contribution is 2.35. The van der Waals surface area contributed by atoms with Crippen molar-refractivity contribution in [2.75, 3.05) is 0 Å². The molecule has 0 aliphatic carbocycles. The number of rotatable bonds is 1. The van der Waals surface area contributed by atoms with Crippen molar-refractivity contribution in [2.24, 2.45) is 5.73 Å². The lowest BCUT2D eigenvalue weighted by molar-refractivity contribution is 0.326. The first-order chi connectivity index (χ1) is 8.27. The van der Waals surface area contributed by atoms with E-state index in [1.807, 2.05) is 42.5 Å². The Morgan fingerprint density at radius 3 is 2.41 bits per heavy atom. The number of hydrogen-bond acceptors (Lipinski definition) is 4. The quantitative estimate of drug-likeness (QED) is 0.788. The highest BCUT2D eigenvalue weighted by Gasteiger charge is 2.28.